The van der Waals surface area contributed by atoms with Crippen molar-refractivity contribution in [1.82, 2.24) is 14.3 Å². The molecule has 1 saturated heterocycles. The van der Waals surface area contributed by atoms with Crippen molar-refractivity contribution in [2.24, 2.45) is 0 Å². The topological polar surface area (TPSA) is 90.2 Å². The molecule has 3 aromatic rings. The van der Waals surface area contributed by atoms with Crippen molar-refractivity contribution in [3.05, 3.63) is 59.9 Å². The SMILES string of the molecule is N#Cc1ccccc1S(=O)(=O)N1CCN(c2nc(C(F)F)nc3ccccc23)CC1. The molecule has 0 amide bonds. The molecule has 0 unspecified atom stereocenters. The number of piperazine rings is 1. The summed E-state index contributed by atoms with van der Waals surface area (Å²) in [5.41, 5.74) is 0.499. The second-order valence-electron chi connectivity index (χ2n) is 6.72. The van der Waals surface area contributed by atoms with E-state index in [2.05, 4.69) is 9.97 Å². The Morgan fingerprint density at radius 3 is 2.33 bits per heavy atom. The fourth-order valence-corrected chi connectivity index (χ4v) is 5.04. The van der Waals surface area contributed by atoms with Gasteiger partial charge in [-0.15, -0.1) is 0 Å². The first-order valence-electron chi connectivity index (χ1n) is 9.21. The van der Waals surface area contributed by atoms with Crippen molar-refractivity contribution < 1.29 is 17.2 Å². The molecule has 1 aromatic heterocycles. The number of halogens is 2. The van der Waals surface area contributed by atoms with Crippen LogP contribution in [0.25, 0.3) is 10.9 Å². The summed E-state index contributed by atoms with van der Waals surface area (Å²) in [6.07, 6.45) is -2.81. The highest BCUT2D eigenvalue weighted by molar-refractivity contribution is 7.89. The zero-order chi connectivity index (χ0) is 21.3. The van der Waals surface area contributed by atoms with E-state index in [0.29, 0.717) is 16.7 Å². The summed E-state index contributed by atoms with van der Waals surface area (Å²) in [5.74, 6) is -0.188. The Hall–Kier alpha value is -3.16. The van der Waals surface area contributed by atoms with Crippen LogP contribution in [0.1, 0.15) is 17.8 Å². The number of benzene rings is 2. The van der Waals surface area contributed by atoms with E-state index in [4.69, 9.17) is 0 Å². The number of sulfonamides is 1. The summed E-state index contributed by atoms with van der Waals surface area (Å²) in [7, 11) is -3.84. The van der Waals surface area contributed by atoms with Gasteiger partial charge in [-0.3, -0.25) is 0 Å². The number of nitriles is 1. The van der Waals surface area contributed by atoms with Crippen LogP contribution >= 0.6 is 0 Å². The van der Waals surface area contributed by atoms with Crippen LogP contribution in [0, 0.1) is 11.3 Å². The van der Waals surface area contributed by atoms with E-state index < -0.39 is 22.3 Å². The summed E-state index contributed by atoms with van der Waals surface area (Å²) < 4.78 is 53.8. The summed E-state index contributed by atoms with van der Waals surface area (Å²) in [6.45, 7) is 0.837. The summed E-state index contributed by atoms with van der Waals surface area (Å²) in [5, 5.41) is 9.86. The zero-order valence-corrected chi connectivity index (χ0v) is 16.6. The number of rotatable bonds is 4. The van der Waals surface area contributed by atoms with Crippen LogP contribution in [0.5, 0.6) is 0 Å². The number of anilines is 1. The second kappa shape index (κ2) is 7.93. The van der Waals surface area contributed by atoms with Gasteiger partial charge >= 0.3 is 0 Å². The number of hydrogen-bond donors (Lipinski definition) is 0. The number of hydrogen-bond acceptors (Lipinski definition) is 6. The summed E-state index contributed by atoms with van der Waals surface area (Å²) >= 11 is 0. The van der Waals surface area contributed by atoms with Crippen LogP contribution in [0.4, 0.5) is 14.6 Å². The molecule has 30 heavy (non-hydrogen) atoms. The van der Waals surface area contributed by atoms with Gasteiger partial charge in [0.05, 0.1) is 16.0 Å². The number of nitrogens with zero attached hydrogens (tertiary/aromatic N) is 5. The van der Waals surface area contributed by atoms with Crippen molar-refractivity contribution in [2.75, 3.05) is 31.1 Å². The lowest BCUT2D eigenvalue weighted by Crippen LogP contribution is -2.49. The van der Waals surface area contributed by atoms with Gasteiger partial charge in [0.25, 0.3) is 6.43 Å². The molecule has 0 atom stereocenters. The largest absolute Gasteiger partial charge is 0.353 e. The van der Waals surface area contributed by atoms with E-state index in [0.717, 1.165) is 0 Å². The van der Waals surface area contributed by atoms with Gasteiger partial charge in [-0.25, -0.2) is 27.2 Å². The molecule has 1 aliphatic heterocycles. The van der Waals surface area contributed by atoms with Crippen molar-refractivity contribution in [2.45, 2.75) is 11.3 Å². The molecule has 154 valence electrons. The van der Waals surface area contributed by atoms with Gasteiger partial charge in [0.2, 0.25) is 10.0 Å². The van der Waals surface area contributed by atoms with E-state index in [1.54, 1.807) is 41.3 Å². The first-order chi connectivity index (χ1) is 14.4. The third-order valence-electron chi connectivity index (χ3n) is 4.96. The second-order valence-corrected chi connectivity index (χ2v) is 8.63. The van der Waals surface area contributed by atoms with Crippen LogP contribution in [0.3, 0.4) is 0 Å². The standard InChI is InChI=1S/C20H17F2N5O2S/c21-18(22)19-24-16-7-3-2-6-15(16)20(25-19)26-9-11-27(12-10-26)30(28,29)17-8-4-1-5-14(17)13-23/h1-8,18H,9-12H2. The minimum Gasteiger partial charge on any atom is -0.353 e. The molecular formula is C20H17F2N5O2S. The molecule has 7 nitrogen and oxygen atoms in total. The molecular weight excluding hydrogens is 412 g/mol. The average Bonchev–Trinajstić information content (AvgIpc) is 2.78. The van der Waals surface area contributed by atoms with E-state index in [1.165, 1.54) is 16.4 Å². The van der Waals surface area contributed by atoms with Gasteiger partial charge in [0.15, 0.2) is 5.82 Å². The molecule has 4 rings (SSSR count). The fraction of sp³-hybridized carbons (Fsp3) is 0.250. The monoisotopic (exact) mass is 429 g/mol. The molecule has 10 heteroatoms. The predicted molar refractivity (Wildman–Crippen MR) is 107 cm³/mol. The molecule has 0 bridgehead atoms. The molecule has 0 radical (unpaired) electrons. The Morgan fingerprint density at radius 1 is 0.967 bits per heavy atom. The Balaban J connectivity index is 1.62. The van der Waals surface area contributed by atoms with E-state index >= 15 is 0 Å². The average molecular weight is 429 g/mol. The third-order valence-corrected chi connectivity index (χ3v) is 6.92. The minimum absolute atomic E-state index is 0.0339. The quantitative estimate of drug-likeness (QED) is 0.633. The maximum absolute atomic E-state index is 13.3. The number of para-hydroxylation sites is 1. The molecule has 2 heterocycles. The van der Waals surface area contributed by atoms with Crippen LogP contribution in [0.15, 0.2) is 53.4 Å². The summed E-state index contributed by atoms with van der Waals surface area (Å²) in [6, 6.07) is 14.8. The number of aromatic nitrogens is 2. The van der Waals surface area contributed by atoms with Gasteiger partial charge in [0, 0.05) is 31.6 Å². The molecule has 0 spiro atoms. The normalized spacial score (nSPS) is 15.5. The highest BCUT2D eigenvalue weighted by Gasteiger charge is 2.31. The van der Waals surface area contributed by atoms with Crippen molar-refractivity contribution in [3.63, 3.8) is 0 Å². The highest BCUT2D eigenvalue weighted by atomic mass is 32.2. The van der Waals surface area contributed by atoms with Gasteiger partial charge in [-0.1, -0.05) is 24.3 Å². The van der Waals surface area contributed by atoms with Crippen LogP contribution in [-0.2, 0) is 10.0 Å². The molecule has 0 N–H and O–H groups in total. The van der Waals surface area contributed by atoms with Gasteiger partial charge < -0.3 is 4.90 Å². The van der Waals surface area contributed by atoms with E-state index in [1.807, 2.05) is 6.07 Å². The van der Waals surface area contributed by atoms with Crippen molar-refractivity contribution in [3.8, 4) is 6.07 Å². The molecule has 1 aliphatic rings. The maximum Gasteiger partial charge on any atom is 0.297 e. The summed E-state index contributed by atoms with van der Waals surface area (Å²) in [4.78, 5) is 9.73. The fourth-order valence-electron chi connectivity index (χ4n) is 3.48. The number of alkyl halides is 2. The van der Waals surface area contributed by atoms with Crippen molar-refractivity contribution >= 4 is 26.7 Å². The van der Waals surface area contributed by atoms with Crippen LogP contribution < -0.4 is 4.90 Å². The Labute approximate surface area is 172 Å². The highest BCUT2D eigenvalue weighted by Crippen LogP contribution is 2.29. The predicted octanol–water partition coefficient (Wildman–Crippen LogP) is 2.95. The van der Waals surface area contributed by atoms with Crippen molar-refractivity contribution in [1.29, 1.82) is 5.26 Å². The molecule has 2 aromatic carbocycles. The van der Waals surface area contributed by atoms with E-state index in [9.17, 15) is 22.5 Å². The maximum atomic E-state index is 13.3. The third kappa shape index (κ3) is 3.58. The first kappa shape index (κ1) is 20.1. The number of fused-ring (bicyclic) bond motifs is 1. The van der Waals surface area contributed by atoms with Crippen LogP contribution in [-0.4, -0.2) is 48.9 Å². The zero-order valence-electron chi connectivity index (χ0n) is 15.7. The lowest BCUT2D eigenvalue weighted by atomic mass is 10.2. The molecule has 0 saturated carbocycles. The van der Waals surface area contributed by atoms with Gasteiger partial charge in [0.1, 0.15) is 11.9 Å². The molecule has 1 fully saturated rings. The minimum atomic E-state index is -3.84. The van der Waals surface area contributed by atoms with E-state index in [-0.39, 0.29) is 36.6 Å². The smallest absolute Gasteiger partial charge is 0.297 e. The molecule has 0 aliphatic carbocycles. The Bertz CT molecular complexity index is 1240. The van der Waals surface area contributed by atoms with Crippen LogP contribution in [0.2, 0.25) is 0 Å². The lowest BCUT2D eigenvalue weighted by Gasteiger charge is -2.35. The van der Waals surface area contributed by atoms with Gasteiger partial charge in [-0.2, -0.15) is 9.57 Å². The first-order valence-corrected chi connectivity index (χ1v) is 10.6. The van der Waals surface area contributed by atoms with Gasteiger partial charge in [-0.05, 0) is 24.3 Å². The Kier molecular flexibility index (Phi) is 5.32. The Morgan fingerprint density at radius 2 is 1.63 bits per heavy atom. The lowest BCUT2D eigenvalue weighted by molar-refractivity contribution is 0.141.